The fourth-order valence-corrected chi connectivity index (χ4v) is 1.95. The van der Waals surface area contributed by atoms with Gasteiger partial charge in [0, 0.05) is 13.3 Å². The minimum absolute atomic E-state index is 0.0533. The first-order valence-corrected chi connectivity index (χ1v) is 7.14. The van der Waals surface area contributed by atoms with Crippen molar-refractivity contribution in [1.29, 1.82) is 0 Å². The molecule has 2 aliphatic carbocycles. The van der Waals surface area contributed by atoms with Crippen molar-refractivity contribution in [1.82, 2.24) is 0 Å². The van der Waals surface area contributed by atoms with Crippen LogP contribution >= 0.6 is 0 Å². The van der Waals surface area contributed by atoms with Crippen LogP contribution in [0, 0.1) is 0 Å². The van der Waals surface area contributed by atoms with E-state index in [1.165, 1.54) is 18.1 Å². The molecule has 0 N–H and O–H groups in total. The van der Waals surface area contributed by atoms with Gasteiger partial charge in [-0.05, 0) is 23.6 Å². The lowest BCUT2D eigenvalue weighted by Gasteiger charge is -2.10. The first-order valence-electron chi connectivity index (χ1n) is 7.14. The molecule has 0 fully saturated rings. The van der Waals surface area contributed by atoms with Crippen molar-refractivity contribution < 1.29 is 9.53 Å². The van der Waals surface area contributed by atoms with Gasteiger partial charge in [-0.15, -0.1) is 0 Å². The van der Waals surface area contributed by atoms with Gasteiger partial charge in [0.25, 0.3) is 0 Å². The van der Waals surface area contributed by atoms with Crippen LogP contribution in [0.4, 0.5) is 0 Å². The third-order valence-corrected chi connectivity index (χ3v) is 3.16. The van der Waals surface area contributed by atoms with Crippen molar-refractivity contribution in [3.63, 3.8) is 0 Å². The Hall–Kier alpha value is -2.35. The highest BCUT2D eigenvalue weighted by Gasteiger charge is 2.04. The van der Waals surface area contributed by atoms with E-state index in [0.29, 0.717) is 0 Å². The highest BCUT2D eigenvalue weighted by atomic mass is 16.5. The summed E-state index contributed by atoms with van der Waals surface area (Å²) in [6, 6.07) is 18.5. The summed E-state index contributed by atoms with van der Waals surface area (Å²) in [6.07, 6.45) is 4.74. The normalized spacial score (nSPS) is 12.3. The van der Waals surface area contributed by atoms with E-state index in [9.17, 15) is 4.79 Å². The minimum atomic E-state index is -0.226. The standard InChI is InChI=1S/C13H16O2.C6H4/c1-11(15-12(2)14)7-6-10-13-8-4-3-5-9-13;1-2-6-4-3-5(1)6/h3-6,8-11H,7H2,1-2H3;1-4H. The maximum absolute atomic E-state index is 10.6. The van der Waals surface area contributed by atoms with Gasteiger partial charge >= 0.3 is 5.97 Å². The SMILES string of the molecule is CC(=O)OC(C)CC=Cc1ccccc1.c1cc2ccc1-2. The molecule has 0 aromatic heterocycles. The van der Waals surface area contributed by atoms with Crippen LogP contribution in [0.5, 0.6) is 0 Å². The van der Waals surface area contributed by atoms with Gasteiger partial charge in [0.05, 0.1) is 0 Å². The lowest BCUT2D eigenvalue weighted by molar-refractivity contribution is -0.145. The number of carbonyl (C=O) groups excluding carboxylic acids is 1. The second-order valence-corrected chi connectivity index (χ2v) is 5.05. The molecule has 108 valence electrons. The Kier molecular flexibility index (Phi) is 5.33. The van der Waals surface area contributed by atoms with Crippen LogP contribution < -0.4 is 0 Å². The lowest BCUT2D eigenvalue weighted by atomic mass is 9.95. The predicted molar refractivity (Wildman–Crippen MR) is 86.8 cm³/mol. The molecule has 1 aromatic rings. The lowest BCUT2D eigenvalue weighted by Crippen LogP contribution is -2.10. The Morgan fingerprint density at radius 2 is 1.62 bits per heavy atom. The maximum atomic E-state index is 10.6. The van der Waals surface area contributed by atoms with E-state index in [-0.39, 0.29) is 12.1 Å². The summed E-state index contributed by atoms with van der Waals surface area (Å²) in [5, 5.41) is 0. The number of benzene rings is 2. The monoisotopic (exact) mass is 280 g/mol. The van der Waals surface area contributed by atoms with Crippen LogP contribution in [0.25, 0.3) is 17.2 Å². The molecule has 1 unspecified atom stereocenters. The van der Waals surface area contributed by atoms with Crippen molar-refractivity contribution in [3.8, 4) is 11.1 Å². The molecule has 0 heterocycles. The Morgan fingerprint density at radius 1 is 1.05 bits per heavy atom. The number of rotatable bonds is 4. The number of fused-ring (bicyclic) bond motifs is 1. The summed E-state index contributed by atoms with van der Waals surface area (Å²) >= 11 is 0. The van der Waals surface area contributed by atoms with Crippen molar-refractivity contribution in [2.24, 2.45) is 0 Å². The molecule has 2 aliphatic rings. The summed E-state index contributed by atoms with van der Waals surface area (Å²) in [5.41, 5.74) is 4.01. The minimum Gasteiger partial charge on any atom is -0.463 e. The van der Waals surface area contributed by atoms with Crippen LogP contribution in [0.3, 0.4) is 0 Å². The van der Waals surface area contributed by atoms with Crippen LogP contribution in [0.15, 0.2) is 60.7 Å². The fraction of sp³-hybridized carbons (Fsp3) is 0.211. The van der Waals surface area contributed by atoms with Crippen molar-refractivity contribution in [2.75, 3.05) is 0 Å². The largest absolute Gasteiger partial charge is 0.463 e. The third-order valence-electron chi connectivity index (χ3n) is 3.16. The average Bonchev–Trinajstić information content (AvgIpc) is 2.44. The third kappa shape index (κ3) is 4.92. The number of ether oxygens (including phenoxy) is 1. The first kappa shape index (κ1) is 15.0. The quantitative estimate of drug-likeness (QED) is 0.647. The van der Waals surface area contributed by atoms with Crippen LogP contribution in [0.1, 0.15) is 25.8 Å². The molecular formula is C19H20O2. The first-order chi connectivity index (χ1) is 10.1. The molecule has 2 heteroatoms. The number of hydrogen-bond donors (Lipinski definition) is 0. The summed E-state index contributed by atoms with van der Waals surface area (Å²) < 4.78 is 5.00. The summed E-state index contributed by atoms with van der Waals surface area (Å²) in [6.45, 7) is 3.31. The zero-order chi connectivity index (χ0) is 15.1. The van der Waals surface area contributed by atoms with E-state index in [1.807, 2.05) is 49.4 Å². The van der Waals surface area contributed by atoms with Crippen LogP contribution in [-0.4, -0.2) is 12.1 Å². The van der Waals surface area contributed by atoms with Gasteiger partial charge in [-0.1, -0.05) is 66.7 Å². The maximum Gasteiger partial charge on any atom is 0.302 e. The molecular weight excluding hydrogens is 260 g/mol. The Morgan fingerprint density at radius 3 is 2.05 bits per heavy atom. The van der Waals surface area contributed by atoms with Gasteiger partial charge < -0.3 is 4.74 Å². The molecule has 0 bridgehead atoms. The molecule has 0 aliphatic heterocycles. The molecule has 0 saturated carbocycles. The van der Waals surface area contributed by atoms with Crippen LogP contribution in [0.2, 0.25) is 0 Å². The molecule has 2 nitrogen and oxygen atoms in total. The van der Waals surface area contributed by atoms with E-state index in [4.69, 9.17) is 4.74 Å². The van der Waals surface area contributed by atoms with Crippen molar-refractivity contribution in [3.05, 3.63) is 66.2 Å². The molecule has 21 heavy (non-hydrogen) atoms. The van der Waals surface area contributed by atoms with Crippen LogP contribution in [-0.2, 0) is 9.53 Å². The summed E-state index contributed by atoms with van der Waals surface area (Å²) in [7, 11) is 0. The predicted octanol–water partition coefficient (Wildman–Crippen LogP) is 4.71. The summed E-state index contributed by atoms with van der Waals surface area (Å²) in [4.78, 5) is 10.6. The molecule has 1 atom stereocenters. The fourth-order valence-electron chi connectivity index (χ4n) is 1.95. The topological polar surface area (TPSA) is 26.3 Å². The zero-order valence-corrected chi connectivity index (χ0v) is 12.5. The molecule has 0 spiro atoms. The average molecular weight is 280 g/mol. The van der Waals surface area contributed by atoms with Crippen molar-refractivity contribution in [2.45, 2.75) is 26.4 Å². The zero-order valence-electron chi connectivity index (χ0n) is 12.5. The molecule has 3 rings (SSSR count). The molecule has 0 amide bonds. The number of hydrogen-bond acceptors (Lipinski definition) is 2. The van der Waals surface area contributed by atoms with Gasteiger partial charge in [-0.25, -0.2) is 0 Å². The smallest absolute Gasteiger partial charge is 0.302 e. The Labute approximate surface area is 126 Å². The highest BCUT2D eigenvalue weighted by molar-refractivity contribution is 5.75. The highest BCUT2D eigenvalue weighted by Crippen LogP contribution is 2.29. The van der Waals surface area contributed by atoms with Gasteiger partial charge in [0.1, 0.15) is 6.10 Å². The summed E-state index contributed by atoms with van der Waals surface area (Å²) in [5.74, 6) is -0.226. The van der Waals surface area contributed by atoms with E-state index in [0.717, 1.165) is 12.0 Å². The molecule has 1 aromatic carbocycles. The second-order valence-electron chi connectivity index (χ2n) is 5.05. The van der Waals surface area contributed by atoms with Gasteiger partial charge in [-0.2, -0.15) is 0 Å². The number of carbonyl (C=O) groups is 1. The van der Waals surface area contributed by atoms with Gasteiger partial charge in [0.2, 0.25) is 0 Å². The Balaban J connectivity index is 0.000000218. The number of esters is 1. The van der Waals surface area contributed by atoms with E-state index >= 15 is 0 Å². The van der Waals surface area contributed by atoms with E-state index in [2.05, 4.69) is 24.3 Å². The Bertz CT molecular complexity index is 576. The van der Waals surface area contributed by atoms with Crippen molar-refractivity contribution >= 4 is 12.0 Å². The second kappa shape index (κ2) is 7.44. The van der Waals surface area contributed by atoms with E-state index < -0.39 is 0 Å². The van der Waals surface area contributed by atoms with Gasteiger partial charge in [-0.3, -0.25) is 4.79 Å². The van der Waals surface area contributed by atoms with E-state index in [1.54, 1.807) is 0 Å². The van der Waals surface area contributed by atoms with Gasteiger partial charge in [0.15, 0.2) is 0 Å². The molecule has 0 radical (unpaired) electrons. The molecule has 0 saturated heterocycles.